The van der Waals surface area contributed by atoms with Crippen LogP contribution in [0.25, 0.3) is 22.4 Å². The second-order valence-electron chi connectivity index (χ2n) is 11.8. The minimum Gasteiger partial charge on any atom is -0.343 e. The molecule has 2 fully saturated rings. The van der Waals surface area contributed by atoms with E-state index in [1.54, 1.807) is 0 Å². The zero-order valence-corrected chi connectivity index (χ0v) is 23.2. The fourth-order valence-electron chi connectivity index (χ4n) is 5.55. The molecule has 7 heteroatoms. The Morgan fingerprint density at radius 3 is 2.21 bits per heavy atom. The first-order valence-electron chi connectivity index (χ1n) is 14.1. The van der Waals surface area contributed by atoms with Gasteiger partial charge in [0, 0.05) is 42.1 Å². The van der Waals surface area contributed by atoms with Crippen LogP contribution >= 0.6 is 0 Å². The number of hydrogen-bond donors (Lipinski definition) is 2. The first kappa shape index (κ1) is 27.0. The van der Waals surface area contributed by atoms with E-state index in [0.717, 1.165) is 66.5 Å². The van der Waals surface area contributed by atoms with E-state index in [-0.39, 0.29) is 11.8 Å². The highest BCUT2D eigenvalue weighted by Crippen LogP contribution is 2.35. The number of amides is 2. The van der Waals surface area contributed by atoms with Crippen LogP contribution in [-0.2, 0) is 15.1 Å². The van der Waals surface area contributed by atoms with Crippen molar-refractivity contribution in [2.75, 3.05) is 12.4 Å². The van der Waals surface area contributed by atoms with Crippen LogP contribution in [0.5, 0.6) is 0 Å². The second kappa shape index (κ2) is 11.3. The van der Waals surface area contributed by atoms with Gasteiger partial charge in [0.2, 0.25) is 11.8 Å². The molecule has 2 saturated carbocycles. The molecule has 0 aliphatic heterocycles. The maximum absolute atomic E-state index is 13.0. The van der Waals surface area contributed by atoms with E-state index in [2.05, 4.69) is 15.5 Å². The lowest BCUT2D eigenvalue weighted by Gasteiger charge is -2.34. The predicted octanol–water partition coefficient (Wildman–Crippen LogP) is 5.76. The van der Waals surface area contributed by atoms with E-state index < -0.39 is 5.54 Å². The van der Waals surface area contributed by atoms with Crippen LogP contribution in [-0.4, -0.2) is 40.0 Å². The van der Waals surface area contributed by atoms with Crippen LogP contribution in [0.2, 0.25) is 0 Å². The minimum absolute atomic E-state index is 0.0450. The molecule has 39 heavy (non-hydrogen) atoms. The summed E-state index contributed by atoms with van der Waals surface area (Å²) < 4.78 is 0. The van der Waals surface area contributed by atoms with Crippen molar-refractivity contribution >= 4 is 17.6 Å². The number of nitrogens with one attached hydrogen (secondary N) is 1. The molecule has 0 bridgehead atoms. The number of nitrogens with zero attached hydrogens (tertiary/aromatic N) is 3. The standard InChI is InChI=1S/C32H39N5O2/c1-32(2,33)25-15-13-23(14-16-25)30-27(22-7-5-4-6-8-22)20-28(35-36-30)34-29(38)19-21-9-17-26(18-10-21)37(3)31(39)24-11-12-24/h4-8,13-16,20-21,24,26H,9-12,17-19,33H2,1-3H3,(H,34,35,38). The van der Waals surface area contributed by atoms with E-state index in [1.807, 2.05) is 86.5 Å². The van der Waals surface area contributed by atoms with Crippen LogP contribution < -0.4 is 11.1 Å². The van der Waals surface area contributed by atoms with Gasteiger partial charge in [0.1, 0.15) is 5.69 Å². The van der Waals surface area contributed by atoms with Gasteiger partial charge in [0.15, 0.2) is 5.82 Å². The van der Waals surface area contributed by atoms with E-state index in [1.165, 1.54) is 0 Å². The van der Waals surface area contributed by atoms with Crippen molar-refractivity contribution in [2.24, 2.45) is 17.6 Å². The monoisotopic (exact) mass is 525 g/mol. The minimum atomic E-state index is -0.427. The van der Waals surface area contributed by atoms with Gasteiger partial charge in [-0.1, -0.05) is 54.6 Å². The Balaban J connectivity index is 1.26. The summed E-state index contributed by atoms with van der Waals surface area (Å²) >= 11 is 0. The highest BCUT2D eigenvalue weighted by atomic mass is 16.2. The normalized spacial score (nSPS) is 19.4. The Hall–Kier alpha value is -3.58. The van der Waals surface area contributed by atoms with Crippen LogP contribution in [0.4, 0.5) is 5.82 Å². The van der Waals surface area contributed by atoms with Gasteiger partial charge in [0.25, 0.3) is 0 Å². The first-order valence-corrected chi connectivity index (χ1v) is 14.1. The molecule has 3 aromatic rings. The Labute approximate surface area is 231 Å². The largest absolute Gasteiger partial charge is 0.343 e. The molecular weight excluding hydrogens is 486 g/mol. The van der Waals surface area contributed by atoms with Crippen LogP contribution in [0.1, 0.15) is 64.4 Å². The van der Waals surface area contributed by atoms with Crippen molar-refractivity contribution in [3.8, 4) is 22.4 Å². The smallest absolute Gasteiger partial charge is 0.225 e. The van der Waals surface area contributed by atoms with Gasteiger partial charge < -0.3 is 16.0 Å². The molecule has 2 amide bonds. The Bertz CT molecular complexity index is 1300. The average molecular weight is 526 g/mol. The molecule has 7 nitrogen and oxygen atoms in total. The zero-order chi connectivity index (χ0) is 27.6. The molecule has 2 aliphatic carbocycles. The zero-order valence-electron chi connectivity index (χ0n) is 23.2. The lowest BCUT2D eigenvalue weighted by atomic mass is 9.83. The Morgan fingerprint density at radius 1 is 0.923 bits per heavy atom. The van der Waals surface area contributed by atoms with E-state index >= 15 is 0 Å². The van der Waals surface area contributed by atoms with E-state index in [0.29, 0.717) is 30.1 Å². The third-order valence-corrected chi connectivity index (χ3v) is 8.16. The number of benzene rings is 2. The molecule has 5 rings (SSSR count). The molecule has 3 N–H and O–H groups in total. The fraction of sp³-hybridized carbons (Fsp3) is 0.438. The number of nitrogens with two attached hydrogens (primary N) is 1. The number of anilines is 1. The average Bonchev–Trinajstić information content (AvgIpc) is 3.78. The van der Waals surface area contributed by atoms with Gasteiger partial charge >= 0.3 is 0 Å². The molecule has 2 aliphatic rings. The molecule has 0 atom stereocenters. The van der Waals surface area contributed by atoms with Crippen molar-refractivity contribution < 1.29 is 9.59 Å². The van der Waals surface area contributed by atoms with E-state index in [4.69, 9.17) is 5.73 Å². The van der Waals surface area contributed by atoms with Gasteiger partial charge in [0.05, 0.1) is 0 Å². The molecule has 1 aromatic heterocycles. The van der Waals surface area contributed by atoms with Crippen molar-refractivity contribution in [1.82, 2.24) is 15.1 Å². The molecule has 0 unspecified atom stereocenters. The predicted molar refractivity (Wildman–Crippen MR) is 155 cm³/mol. The third kappa shape index (κ3) is 6.53. The van der Waals surface area contributed by atoms with Crippen LogP contribution in [0.15, 0.2) is 60.7 Å². The lowest BCUT2D eigenvalue weighted by molar-refractivity contribution is -0.134. The lowest BCUT2D eigenvalue weighted by Crippen LogP contribution is -2.40. The summed E-state index contributed by atoms with van der Waals surface area (Å²) in [7, 11) is 1.94. The van der Waals surface area contributed by atoms with Crippen molar-refractivity contribution in [3.05, 3.63) is 66.2 Å². The molecular formula is C32H39N5O2. The van der Waals surface area contributed by atoms with Crippen LogP contribution in [0.3, 0.4) is 0 Å². The number of carbonyl (C=O) groups excluding carboxylic acids is 2. The number of rotatable bonds is 8. The molecule has 1 heterocycles. The number of hydrogen-bond acceptors (Lipinski definition) is 5. The van der Waals surface area contributed by atoms with Crippen molar-refractivity contribution in [1.29, 1.82) is 0 Å². The summed E-state index contributed by atoms with van der Waals surface area (Å²) in [6, 6.07) is 20.3. The number of carbonyl (C=O) groups is 2. The topological polar surface area (TPSA) is 101 Å². The summed E-state index contributed by atoms with van der Waals surface area (Å²) in [6.45, 7) is 3.96. The molecule has 0 saturated heterocycles. The van der Waals surface area contributed by atoms with Gasteiger partial charge in [-0.25, -0.2) is 0 Å². The van der Waals surface area contributed by atoms with Gasteiger partial charge in [-0.3, -0.25) is 9.59 Å². The van der Waals surface area contributed by atoms with Gasteiger partial charge in [-0.15, -0.1) is 10.2 Å². The summed E-state index contributed by atoms with van der Waals surface area (Å²) in [4.78, 5) is 27.3. The molecule has 204 valence electrons. The Morgan fingerprint density at radius 2 is 1.59 bits per heavy atom. The first-order chi connectivity index (χ1) is 18.7. The van der Waals surface area contributed by atoms with Gasteiger partial charge in [-0.05, 0) is 75.5 Å². The van der Waals surface area contributed by atoms with Crippen molar-refractivity contribution in [2.45, 2.75) is 70.4 Å². The van der Waals surface area contributed by atoms with Crippen molar-refractivity contribution in [3.63, 3.8) is 0 Å². The SMILES string of the molecule is CN(C(=O)C1CC1)C1CCC(CC(=O)Nc2cc(-c3ccccc3)c(-c3ccc(C(C)(C)N)cc3)nn2)CC1. The van der Waals surface area contributed by atoms with Gasteiger partial charge in [-0.2, -0.15) is 0 Å². The fourth-order valence-corrected chi connectivity index (χ4v) is 5.55. The maximum atomic E-state index is 13.0. The molecule has 0 spiro atoms. The highest BCUT2D eigenvalue weighted by molar-refractivity contribution is 5.91. The summed E-state index contributed by atoms with van der Waals surface area (Å²) in [6.07, 6.45) is 6.35. The quantitative estimate of drug-likeness (QED) is 0.389. The number of aromatic nitrogens is 2. The highest BCUT2D eigenvalue weighted by Gasteiger charge is 2.36. The third-order valence-electron chi connectivity index (χ3n) is 8.16. The summed E-state index contributed by atoms with van der Waals surface area (Å²) in [5, 5.41) is 11.9. The second-order valence-corrected chi connectivity index (χ2v) is 11.8. The summed E-state index contributed by atoms with van der Waals surface area (Å²) in [5.41, 5.74) is 10.5. The van der Waals surface area contributed by atoms with Crippen LogP contribution in [0, 0.1) is 11.8 Å². The maximum Gasteiger partial charge on any atom is 0.225 e. The van der Waals surface area contributed by atoms with E-state index in [9.17, 15) is 9.59 Å². The summed E-state index contributed by atoms with van der Waals surface area (Å²) in [5.74, 6) is 1.27. The Kier molecular flexibility index (Phi) is 7.80. The molecule has 2 aromatic carbocycles. The molecule has 0 radical (unpaired) electrons.